The SMILES string of the molecule is [2H]c1c([2H])c([2H])c(N(c2c([2H])c([2H])c([2H])c([2H])c2[2H])c2c([2H])c([2H])c(-c3c([2H])c([2H])c(-c4nc(-c5ccc(-c6ccccc6)cc5)c5oc6ccccc6c5n4)c4oc5c([2H])c([2H])c([2H])c([2H])c5c34)c([2H])c2[2H])c([2H])c1[2H]. The highest BCUT2D eigenvalue weighted by Gasteiger charge is 2.23. The van der Waals surface area contributed by atoms with Gasteiger partial charge >= 0.3 is 0 Å². The van der Waals surface area contributed by atoms with E-state index < -0.39 is 160 Å². The molecule has 0 amide bonds. The molecule has 0 aliphatic rings. The summed E-state index contributed by atoms with van der Waals surface area (Å²) in [6.07, 6.45) is 0. The fourth-order valence-corrected chi connectivity index (χ4v) is 6.76. The summed E-state index contributed by atoms with van der Waals surface area (Å²) in [5, 5.41) is -0.227. The van der Waals surface area contributed by atoms with E-state index in [1.54, 1.807) is 24.3 Å². The van der Waals surface area contributed by atoms with Crippen molar-refractivity contribution in [1.82, 2.24) is 9.97 Å². The summed E-state index contributed by atoms with van der Waals surface area (Å²) in [5.74, 6) is -0.238. The van der Waals surface area contributed by atoms with Crippen LogP contribution in [0, 0.1) is 0 Å². The number of hydrogen-bond acceptors (Lipinski definition) is 5. The van der Waals surface area contributed by atoms with E-state index in [4.69, 9.17) is 36.6 Å². The molecule has 3 heterocycles. The second-order valence-corrected chi connectivity index (χ2v) is 12.6. The van der Waals surface area contributed by atoms with Gasteiger partial charge in [-0.05, 0) is 82.7 Å². The molecular formula is C52H33N3O2. The van der Waals surface area contributed by atoms with Gasteiger partial charge in [0.05, 0.1) is 33.0 Å². The lowest BCUT2D eigenvalue weighted by molar-refractivity contribution is 0.666. The molecule has 0 bridgehead atoms. The molecule has 0 atom stereocenters. The minimum Gasteiger partial charge on any atom is -0.455 e. The van der Waals surface area contributed by atoms with Gasteiger partial charge in [0.2, 0.25) is 0 Å². The van der Waals surface area contributed by atoms with Crippen LogP contribution in [-0.2, 0) is 0 Å². The predicted octanol–water partition coefficient (Wildman–Crippen LogP) is 14.4. The van der Waals surface area contributed by atoms with Crippen molar-refractivity contribution in [3.8, 4) is 44.9 Å². The third-order valence-electron chi connectivity index (χ3n) is 9.34. The second-order valence-electron chi connectivity index (χ2n) is 12.6. The zero-order chi connectivity index (χ0) is 55.1. The van der Waals surface area contributed by atoms with Crippen LogP contribution in [0.5, 0.6) is 0 Å². The molecule has 0 fully saturated rings. The van der Waals surface area contributed by atoms with Crippen molar-refractivity contribution in [3.63, 3.8) is 0 Å². The minimum atomic E-state index is -1.10. The Labute approximate surface area is 356 Å². The number of anilines is 3. The molecule has 5 nitrogen and oxygen atoms in total. The van der Waals surface area contributed by atoms with E-state index in [-0.39, 0.29) is 39.0 Å². The lowest BCUT2D eigenvalue weighted by atomic mass is 9.96. The number of furan rings is 2. The van der Waals surface area contributed by atoms with Crippen LogP contribution in [0.2, 0.25) is 0 Å². The molecule has 3 aromatic heterocycles. The van der Waals surface area contributed by atoms with Crippen molar-refractivity contribution in [3.05, 3.63) is 200 Å². The average molecular weight is 752 g/mol. The zero-order valence-corrected chi connectivity index (χ0v) is 29.2. The largest absolute Gasteiger partial charge is 0.455 e. The summed E-state index contributed by atoms with van der Waals surface area (Å²) >= 11 is 0. The molecule has 0 N–H and O–H groups in total. The Balaban J connectivity index is 1.24. The van der Waals surface area contributed by atoms with Gasteiger partial charge in [0.1, 0.15) is 28.0 Å². The van der Waals surface area contributed by atoms with Crippen LogP contribution >= 0.6 is 0 Å². The Kier molecular flexibility index (Phi) is 4.33. The molecule has 11 aromatic rings. The van der Waals surface area contributed by atoms with Crippen LogP contribution in [0.25, 0.3) is 88.9 Å². The summed E-state index contributed by atoms with van der Waals surface area (Å²) in [5.41, 5.74) is -1.75. The Hall–Kier alpha value is -7.76. The maximum absolute atomic E-state index is 9.80. The molecule has 0 saturated carbocycles. The first-order chi connectivity index (χ1) is 36.6. The lowest BCUT2D eigenvalue weighted by Gasteiger charge is -2.25. The van der Waals surface area contributed by atoms with Crippen molar-refractivity contribution in [2.45, 2.75) is 0 Å². The Bertz CT molecular complexity index is 4250. The van der Waals surface area contributed by atoms with E-state index in [2.05, 4.69) is 0 Å². The van der Waals surface area contributed by atoms with Crippen LogP contribution < -0.4 is 4.90 Å². The third kappa shape index (κ3) is 5.64. The summed E-state index contributed by atoms with van der Waals surface area (Å²) in [6, 6.07) is 5.67. The predicted molar refractivity (Wildman–Crippen MR) is 233 cm³/mol. The van der Waals surface area contributed by atoms with Gasteiger partial charge in [-0.2, -0.15) is 0 Å². The van der Waals surface area contributed by atoms with Gasteiger partial charge < -0.3 is 13.7 Å². The van der Waals surface area contributed by atoms with Gasteiger partial charge in [-0.3, -0.25) is 0 Å². The van der Waals surface area contributed by atoms with E-state index in [1.165, 1.54) is 0 Å². The summed E-state index contributed by atoms with van der Waals surface area (Å²) in [6.45, 7) is 0. The number of aromatic nitrogens is 2. The first-order valence-electron chi connectivity index (χ1n) is 27.4. The van der Waals surface area contributed by atoms with Gasteiger partial charge in [0.15, 0.2) is 11.4 Å². The standard InChI is InChI=1S/C52H33N3O2/c1-4-14-34(15-5-1)35-24-26-37(27-25-35)48-51-49(43-21-11-13-23-46(43)57-51)54-52(53-48)44-33-32-41(47-42-20-10-12-22-45(42)56-50(44)47)36-28-30-40(31-29-36)55(38-16-6-2-7-17-38)39-18-8-3-9-19-39/h1-33H/i2D,3D,6D,7D,8D,9D,10D,12D,16D,17D,18D,19D,20D,22D,28D,29D,30D,31D,32D,33D. The first kappa shape index (κ1) is 18.2. The first-order valence-corrected chi connectivity index (χ1v) is 17.4. The molecule has 0 aliphatic carbocycles. The maximum atomic E-state index is 9.80. The Morgan fingerprint density at radius 2 is 1.02 bits per heavy atom. The normalized spacial score (nSPS) is 16.4. The second kappa shape index (κ2) is 13.5. The lowest BCUT2D eigenvalue weighted by Crippen LogP contribution is -2.09. The van der Waals surface area contributed by atoms with Gasteiger partial charge in [-0.15, -0.1) is 0 Å². The molecule has 5 heteroatoms. The smallest absolute Gasteiger partial charge is 0.180 e. The number of nitrogens with zero attached hydrogens (tertiary/aromatic N) is 3. The maximum Gasteiger partial charge on any atom is 0.180 e. The fraction of sp³-hybridized carbons (Fsp3) is 0. The number of benzene rings is 8. The summed E-state index contributed by atoms with van der Waals surface area (Å²) in [7, 11) is 0. The molecule has 0 aliphatic heterocycles. The number of fused-ring (bicyclic) bond motifs is 6. The van der Waals surface area contributed by atoms with E-state index in [1.807, 2.05) is 54.6 Å². The van der Waals surface area contributed by atoms with Crippen molar-refractivity contribution < 1.29 is 36.2 Å². The van der Waals surface area contributed by atoms with E-state index in [9.17, 15) is 9.60 Å². The zero-order valence-electron chi connectivity index (χ0n) is 49.2. The molecule has 57 heavy (non-hydrogen) atoms. The third-order valence-corrected chi connectivity index (χ3v) is 9.34. The number of hydrogen-bond donors (Lipinski definition) is 0. The molecular weight excluding hydrogens is 699 g/mol. The minimum absolute atomic E-state index is 0.238. The van der Waals surface area contributed by atoms with Gasteiger partial charge in [0.25, 0.3) is 0 Å². The molecule has 268 valence electrons. The molecule has 0 saturated heterocycles. The van der Waals surface area contributed by atoms with Crippen LogP contribution in [-0.4, -0.2) is 9.97 Å². The van der Waals surface area contributed by atoms with Gasteiger partial charge in [0, 0.05) is 38.8 Å². The van der Waals surface area contributed by atoms with Crippen LogP contribution in [0.4, 0.5) is 17.1 Å². The monoisotopic (exact) mass is 751 g/mol. The van der Waals surface area contributed by atoms with E-state index >= 15 is 0 Å². The van der Waals surface area contributed by atoms with Crippen LogP contribution in [0.15, 0.2) is 209 Å². The average Bonchev–Trinajstić information content (AvgIpc) is 4.25. The van der Waals surface area contributed by atoms with Crippen molar-refractivity contribution >= 4 is 61.1 Å². The molecule has 0 unspecified atom stereocenters. The van der Waals surface area contributed by atoms with E-state index in [0.717, 1.165) is 11.1 Å². The number of para-hydroxylation sites is 4. The number of rotatable bonds is 7. The Morgan fingerprint density at radius 1 is 0.421 bits per heavy atom. The molecule has 0 radical (unpaired) electrons. The summed E-state index contributed by atoms with van der Waals surface area (Å²) in [4.78, 5) is 10.3. The highest BCUT2D eigenvalue weighted by Crippen LogP contribution is 2.44. The van der Waals surface area contributed by atoms with Crippen molar-refractivity contribution in [1.29, 1.82) is 0 Å². The summed E-state index contributed by atoms with van der Waals surface area (Å²) < 4.78 is 192. The fourth-order valence-electron chi connectivity index (χ4n) is 6.76. The van der Waals surface area contributed by atoms with Gasteiger partial charge in [-0.25, -0.2) is 9.97 Å². The van der Waals surface area contributed by atoms with Gasteiger partial charge in [-0.1, -0.05) is 139 Å². The van der Waals surface area contributed by atoms with Crippen molar-refractivity contribution in [2.24, 2.45) is 0 Å². The molecule has 8 aromatic carbocycles. The highest BCUT2D eigenvalue weighted by molar-refractivity contribution is 6.16. The molecule has 11 rings (SSSR count). The quantitative estimate of drug-likeness (QED) is 0.162. The van der Waals surface area contributed by atoms with Crippen LogP contribution in [0.3, 0.4) is 0 Å². The highest BCUT2D eigenvalue weighted by atomic mass is 16.3. The molecule has 0 spiro atoms. The van der Waals surface area contributed by atoms with Crippen molar-refractivity contribution in [2.75, 3.05) is 4.90 Å². The topological polar surface area (TPSA) is 55.3 Å². The Morgan fingerprint density at radius 3 is 1.77 bits per heavy atom. The van der Waals surface area contributed by atoms with E-state index in [0.29, 0.717) is 21.4 Å². The van der Waals surface area contributed by atoms with Crippen LogP contribution in [0.1, 0.15) is 27.4 Å².